The molecular formula is C34H34GdN2O2Si2. The van der Waals surface area contributed by atoms with Crippen LogP contribution in [0.1, 0.15) is 0 Å². The van der Waals surface area contributed by atoms with E-state index in [4.69, 9.17) is 0 Å². The van der Waals surface area contributed by atoms with Crippen molar-refractivity contribution in [3.63, 3.8) is 0 Å². The summed E-state index contributed by atoms with van der Waals surface area (Å²) in [6.45, 7) is 0. The van der Waals surface area contributed by atoms with Gasteiger partial charge in [0.25, 0.3) is 0 Å². The Hall–Kier alpha value is -2.94. The molecule has 0 aliphatic carbocycles. The fraction of sp³-hybridized carbons (Fsp3) is 0.118. The molecule has 4 nitrogen and oxygen atoms in total. The van der Waals surface area contributed by atoms with Gasteiger partial charge in [0.2, 0.25) is 0 Å². The molecule has 0 atom stereocenters. The Bertz CT molecular complexity index is 1410. The van der Waals surface area contributed by atoms with E-state index in [0.29, 0.717) is 0 Å². The van der Waals surface area contributed by atoms with Gasteiger partial charge in [0.1, 0.15) is 0 Å². The fourth-order valence-corrected chi connectivity index (χ4v) is 3.90. The summed E-state index contributed by atoms with van der Waals surface area (Å²) in [5, 5.41) is 5.26. The maximum Gasteiger partial charge on any atom is 2.00 e. The summed E-state index contributed by atoms with van der Waals surface area (Å²) in [5.41, 5.74) is 5.18. The van der Waals surface area contributed by atoms with Gasteiger partial charge in [-0.2, -0.15) is 0 Å². The molecule has 0 bridgehead atoms. The number of nitrogens with zero attached hydrogens (tertiary/aromatic N) is 2. The number of hydrogen-bond donors (Lipinski definition) is 0. The van der Waals surface area contributed by atoms with Gasteiger partial charge >= 0.3 is 59.1 Å². The third kappa shape index (κ3) is 11.5. The van der Waals surface area contributed by atoms with Crippen LogP contribution in [0.2, 0.25) is 0 Å². The van der Waals surface area contributed by atoms with Crippen molar-refractivity contribution in [2.75, 3.05) is 28.2 Å². The quantitative estimate of drug-likeness (QED) is 0.140. The zero-order chi connectivity index (χ0) is 28.7. The van der Waals surface area contributed by atoms with E-state index in [1.54, 1.807) is 37.3 Å². The molecule has 41 heavy (non-hydrogen) atoms. The molecule has 0 aliphatic heterocycles. The van der Waals surface area contributed by atoms with Crippen molar-refractivity contribution >= 4 is 40.7 Å². The molecule has 0 N–H and O–H groups in total. The zero-order valence-electron chi connectivity index (χ0n) is 23.8. The SMILES string of the molecule is CN(C)[Si]=O.CN(C)[Si]=O.[Gd+2].c1ccc(-c2cc3ccccc3[cH-]2)cc1.c1ccc(-c2cc3ccccc3[cH-]2)cc1. The largest absolute Gasteiger partial charge is 2.00 e. The van der Waals surface area contributed by atoms with Crippen molar-refractivity contribution in [1.82, 2.24) is 9.13 Å². The van der Waals surface area contributed by atoms with Crippen LogP contribution in [-0.2, 0) is 8.92 Å². The molecule has 6 aromatic rings. The van der Waals surface area contributed by atoms with Crippen LogP contribution in [0.5, 0.6) is 0 Å². The third-order valence-corrected chi connectivity index (χ3v) is 6.55. The first-order valence-corrected chi connectivity index (χ1v) is 14.6. The second kappa shape index (κ2) is 18.5. The Morgan fingerprint density at radius 1 is 0.488 bits per heavy atom. The monoisotopic (exact) mass is 716 g/mol. The van der Waals surface area contributed by atoms with Crippen LogP contribution in [0, 0.1) is 39.9 Å². The minimum absolute atomic E-state index is 0. The first-order chi connectivity index (χ1) is 19.4. The Labute approximate surface area is 280 Å². The molecule has 208 valence electrons. The molecule has 2 radical (unpaired) electrons. The molecule has 0 fully saturated rings. The van der Waals surface area contributed by atoms with Gasteiger partial charge in [-0.3, -0.25) is 0 Å². The molecule has 0 unspecified atom stereocenters. The van der Waals surface area contributed by atoms with Crippen LogP contribution in [0.3, 0.4) is 0 Å². The Kier molecular flexibility index (Phi) is 15.4. The molecule has 6 rings (SSSR count). The van der Waals surface area contributed by atoms with Crippen LogP contribution >= 0.6 is 0 Å². The molecule has 0 aromatic heterocycles. The number of hydrogen-bond acceptors (Lipinski definition) is 2. The maximum atomic E-state index is 9.58. The predicted molar refractivity (Wildman–Crippen MR) is 170 cm³/mol. The smallest absolute Gasteiger partial charge is 0.379 e. The van der Waals surface area contributed by atoms with E-state index < -0.39 is 0 Å². The van der Waals surface area contributed by atoms with E-state index in [1.807, 2.05) is 12.1 Å². The Balaban J connectivity index is 0.000000214. The van der Waals surface area contributed by atoms with Gasteiger partial charge in [-0.25, -0.2) is 0 Å². The molecule has 0 aliphatic rings. The standard InChI is InChI=1S/2C15H11.2C2H6NOSi.Gd/c2*1-2-6-12(7-3-1)15-10-13-8-4-5-9-14(13)11-15;2*1-3(2)5-4;/h2*1-11H;2*1-2H3;/q2*-1;;;+2. The second-order valence-corrected chi connectivity index (χ2v) is 11.6. The minimum atomic E-state index is -0.302. The van der Waals surface area contributed by atoms with Gasteiger partial charge in [0.05, 0.1) is 0 Å². The molecule has 7 heteroatoms. The van der Waals surface area contributed by atoms with Crippen molar-refractivity contribution in [3.05, 3.63) is 133 Å². The van der Waals surface area contributed by atoms with Crippen LogP contribution in [0.25, 0.3) is 43.8 Å². The number of benzene rings is 4. The van der Waals surface area contributed by atoms with Crippen molar-refractivity contribution in [3.8, 4) is 22.3 Å². The summed E-state index contributed by atoms with van der Waals surface area (Å²) < 4.78 is 22.4. The predicted octanol–water partition coefficient (Wildman–Crippen LogP) is 7.48. The Morgan fingerprint density at radius 2 is 0.780 bits per heavy atom. The molecular weight excluding hydrogens is 682 g/mol. The van der Waals surface area contributed by atoms with E-state index in [-0.39, 0.29) is 59.1 Å². The van der Waals surface area contributed by atoms with Gasteiger partial charge < -0.3 is 18.1 Å². The summed E-state index contributed by atoms with van der Waals surface area (Å²) in [6, 6.07) is 46.9. The normalized spacial score (nSPS) is 9.46. The van der Waals surface area contributed by atoms with Crippen LogP contribution < -0.4 is 0 Å². The first kappa shape index (κ1) is 34.3. The van der Waals surface area contributed by atoms with E-state index >= 15 is 0 Å². The van der Waals surface area contributed by atoms with E-state index in [9.17, 15) is 8.92 Å². The summed E-state index contributed by atoms with van der Waals surface area (Å²) in [5.74, 6) is 0. The molecule has 0 heterocycles. The summed E-state index contributed by atoms with van der Waals surface area (Å²) >= 11 is 0. The van der Waals surface area contributed by atoms with Crippen LogP contribution in [0.4, 0.5) is 0 Å². The van der Waals surface area contributed by atoms with Crippen molar-refractivity contribution in [2.24, 2.45) is 0 Å². The molecule has 0 amide bonds. The zero-order valence-corrected chi connectivity index (χ0v) is 28.0. The number of rotatable bonds is 4. The van der Waals surface area contributed by atoms with Gasteiger partial charge in [-0.1, -0.05) is 108 Å². The molecule has 0 saturated carbocycles. The first-order valence-electron chi connectivity index (χ1n) is 12.9. The second-order valence-electron chi connectivity index (χ2n) is 9.45. The molecule has 0 spiro atoms. The average Bonchev–Trinajstić information content (AvgIpc) is 3.64. The van der Waals surface area contributed by atoms with Gasteiger partial charge in [0.15, 0.2) is 0 Å². The van der Waals surface area contributed by atoms with Crippen LogP contribution in [-0.4, -0.2) is 56.5 Å². The fourth-order valence-electron chi connectivity index (χ4n) is 3.90. The number of fused-ring (bicyclic) bond motifs is 2. The van der Waals surface area contributed by atoms with Gasteiger partial charge in [0, 0.05) is 0 Å². The molecule has 0 saturated heterocycles. The average molecular weight is 716 g/mol. The van der Waals surface area contributed by atoms with E-state index in [0.717, 1.165) is 0 Å². The van der Waals surface area contributed by atoms with Gasteiger partial charge in [-0.05, 0) is 28.2 Å². The summed E-state index contributed by atoms with van der Waals surface area (Å²) in [7, 11) is 6.42. The van der Waals surface area contributed by atoms with E-state index in [2.05, 4.69) is 121 Å². The minimum Gasteiger partial charge on any atom is -0.379 e. The van der Waals surface area contributed by atoms with Gasteiger partial charge in [-0.15, -0.1) is 69.1 Å². The third-order valence-electron chi connectivity index (χ3n) is 5.82. The van der Waals surface area contributed by atoms with Crippen molar-refractivity contribution in [2.45, 2.75) is 0 Å². The summed E-state index contributed by atoms with van der Waals surface area (Å²) in [4.78, 5) is 0. The molecule has 6 aromatic carbocycles. The van der Waals surface area contributed by atoms with Crippen molar-refractivity contribution in [1.29, 1.82) is 0 Å². The summed E-state index contributed by atoms with van der Waals surface area (Å²) in [6.07, 6.45) is 0. The van der Waals surface area contributed by atoms with Crippen LogP contribution in [0.15, 0.2) is 133 Å². The Morgan fingerprint density at radius 3 is 1.07 bits per heavy atom. The maximum absolute atomic E-state index is 9.58. The van der Waals surface area contributed by atoms with E-state index in [1.165, 1.54) is 43.8 Å². The van der Waals surface area contributed by atoms with Crippen molar-refractivity contribution < 1.29 is 48.9 Å². The topological polar surface area (TPSA) is 40.6 Å².